The van der Waals surface area contributed by atoms with Crippen LogP contribution < -0.4 is 0 Å². The van der Waals surface area contributed by atoms with Crippen molar-refractivity contribution in [3.63, 3.8) is 0 Å². The van der Waals surface area contributed by atoms with Gasteiger partial charge in [-0.1, -0.05) is 18.4 Å². The van der Waals surface area contributed by atoms with Crippen LogP contribution in [0.4, 0.5) is 8.78 Å². The minimum Gasteiger partial charge on any atom is -0.377 e. The molecule has 0 unspecified atom stereocenters. The summed E-state index contributed by atoms with van der Waals surface area (Å²) in [5.74, 6) is 1.98. The molecular weight excluding hydrogens is 322 g/mol. The van der Waals surface area contributed by atoms with Crippen LogP contribution in [-0.4, -0.2) is 22.9 Å². The fourth-order valence-corrected chi connectivity index (χ4v) is 6.19. The third kappa shape index (κ3) is 2.21. The molecule has 134 valence electrons. The summed E-state index contributed by atoms with van der Waals surface area (Å²) in [7, 11) is 0. The van der Waals surface area contributed by atoms with E-state index in [1.807, 2.05) is 6.92 Å². The van der Waals surface area contributed by atoms with Gasteiger partial charge in [-0.05, 0) is 67.6 Å². The van der Waals surface area contributed by atoms with E-state index in [1.54, 1.807) is 6.08 Å². The third-order valence-electron chi connectivity index (χ3n) is 7.47. The van der Waals surface area contributed by atoms with E-state index in [4.69, 9.17) is 6.42 Å². The second-order valence-corrected chi connectivity index (χ2v) is 8.43. The van der Waals surface area contributed by atoms with Crippen LogP contribution in [0.25, 0.3) is 0 Å². The Morgan fingerprint density at radius 3 is 2.76 bits per heavy atom. The summed E-state index contributed by atoms with van der Waals surface area (Å²) >= 11 is 0. The van der Waals surface area contributed by atoms with Gasteiger partial charge >= 0.3 is 0 Å². The molecule has 5 atom stereocenters. The predicted molar refractivity (Wildman–Crippen MR) is 90.8 cm³/mol. The summed E-state index contributed by atoms with van der Waals surface area (Å²) in [6.07, 6.45) is 8.88. The van der Waals surface area contributed by atoms with Crippen LogP contribution in [-0.2, 0) is 4.79 Å². The molecule has 0 aromatic rings. The summed E-state index contributed by atoms with van der Waals surface area (Å²) in [6.45, 7) is 1.91. The first-order chi connectivity index (χ1) is 11.8. The number of carbonyl (C=O) groups excluding carboxylic acids is 1. The molecule has 0 aliphatic heterocycles. The van der Waals surface area contributed by atoms with Gasteiger partial charge in [0.25, 0.3) is 0 Å². The number of hydrogen-bond donors (Lipinski definition) is 1. The third-order valence-corrected chi connectivity index (χ3v) is 7.47. The zero-order valence-corrected chi connectivity index (χ0v) is 14.5. The van der Waals surface area contributed by atoms with E-state index in [1.165, 1.54) is 0 Å². The van der Waals surface area contributed by atoms with Gasteiger partial charge in [0.15, 0.2) is 5.78 Å². The average Bonchev–Trinajstić information content (AvgIpc) is 2.85. The quantitative estimate of drug-likeness (QED) is 0.728. The monoisotopic (exact) mass is 346 g/mol. The molecule has 25 heavy (non-hydrogen) atoms. The number of ketones is 1. The Labute approximate surface area is 147 Å². The van der Waals surface area contributed by atoms with E-state index >= 15 is 0 Å². The molecule has 0 bridgehead atoms. The molecule has 0 aromatic heterocycles. The summed E-state index contributed by atoms with van der Waals surface area (Å²) < 4.78 is 28.1. The lowest BCUT2D eigenvalue weighted by Gasteiger charge is -2.53. The van der Waals surface area contributed by atoms with Crippen molar-refractivity contribution < 1.29 is 18.7 Å². The van der Waals surface area contributed by atoms with Crippen molar-refractivity contribution in [2.24, 2.45) is 23.2 Å². The van der Waals surface area contributed by atoms with Crippen LogP contribution in [0.2, 0.25) is 0 Å². The number of aliphatic hydroxyl groups is 1. The first-order valence-corrected chi connectivity index (χ1v) is 9.26. The highest BCUT2D eigenvalue weighted by Crippen LogP contribution is 2.65. The second-order valence-electron chi connectivity index (χ2n) is 8.43. The highest BCUT2D eigenvalue weighted by Gasteiger charge is 2.63. The Balaban J connectivity index is 1.86. The van der Waals surface area contributed by atoms with E-state index < -0.39 is 23.4 Å². The summed E-state index contributed by atoms with van der Waals surface area (Å²) in [5, 5.41) is 11.0. The van der Waals surface area contributed by atoms with Crippen molar-refractivity contribution in [2.45, 2.75) is 63.9 Å². The summed E-state index contributed by atoms with van der Waals surface area (Å²) in [4.78, 5) is 11.7. The molecule has 0 heterocycles. The van der Waals surface area contributed by atoms with Crippen LogP contribution in [0.3, 0.4) is 0 Å². The zero-order chi connectivity index (χ0) is 18.0. The molecule has 4 aliphatic carbocycles. The fourth-order valence-electron chi connectivity index (χ4n) is 6.19. The second kappa shape index (κ2) is 5.51. The van der Waals surface area contributed by atoms with E-state index in [-0.39, 0.29) is 24.0 Å². The van der Waals surface area contributed by atoms with Crippen molar-refractivity contribution in [3.8, 4) is 12.3 Å². The number of fused-ring (bicyclic) bond motifs is 4. The Bertz CT molecular complexity index is 729. The van der Waals surface area contributed by atoms with Gasteiger partial charge < -0.3 is 5.11 Å². The number of carbonyl (C=O) groups is 1. The van der Waals surface area contributed by atoms with Crippen molar-refractivity contribution in [1.29, 1.82) is 0 Å². The minimum atomic E-state index is -2.47. The molecule has 0 saturated heterocycles. The molecule has 2 saturated carbocycles. The molecular formula is C21H24F2O2. The maximum absolute atomic E-state index is 14.1. The van der Waals surface area contributed by atoms with Gasteiger partial charge in [0, 0.05) is 17.8 Å². The van der Waals surface area contributed by atoms with Crippen molar-refractivity contribution in [2.75, 3.05) is 0 Å². The van der Waals surface area contributed by atoms with Gasteiger partial charge in [0.1, 0.15) is 5.60 Å². The molecule has 4 rings (SSSR count). The number of halogens is 2. The molecule has 0 spiro atoms. The normalized spacial score (nSPS) is 43.3. The number of hydrogen-bond acceptors (Lipinski definition) is 2. The maximum atomic E-state index is 14.1. The zero-order valence-electron chi connectivity index (χ0n) is 14.5. The topological polar surface area (TPSA) is 37.3 Å². The van der Waals surface area contributed by atoms with Crippen LogP contribution in [0, 0.1) is 35.5 Å². The fraction of sp³-hybridized carbons (Fsp3) is 0.667. The van der Waals surface area contributed by atoms with E-state index in [2.05, 4.69) is 5.92 Å². The molecule has 4 heteroatoms. The standard InChI is InChI=1S/C21H24F2O2/c1-3-21(25)9-8-17-15-6-4-12-10-13(24)5-7-14(12)18(15)16(19(22)23)11-20(17,21)2/h1,10,15-17,19,25H,4-9,11H2,2H3/t15-,16-,17-,20-,21-/m0/s1. The maximum Gasteiger partial charge on any atom is 0.245 e. The Morgan fingerprint density at radius 2 is 2.08 bits per heavy atom. The molecule has 2 nitrogen and oxygen atoms in total. The van der Waals surface area contributed by atoms with Gasteiger partial charge in [-0.25, -0.2) is 8.78 Å². The first kappa shape index (κ1) is 17.0. The van der Waals surface area contributed by atoms with Crippen LogP contribution >= 0.6 is 0 Å². The van der Waals surface area contributed by atoms with Gasteiger partial charge in [0.2, 0.25) is 6.43 Å². The van der Waals surface area contributed by atoms with Gasteiger partial charge in [-0.3, -0.25) is 4.79 Å². The van der Waals surface area contributed by atoms with Crippen LogP contribution in [0.5, 0.6) is 0 Å². The van der Waals surface area contributed by atoms with E-state index in [9.17, 15) is 18.7 Å². The van der Waals surface area contributed by atoms with Gasteiger partial charge in [-0.2, -0.15) is 0 Å². The van der Waals surface area contributed by atoms with Gasteiger partial charge in [0.05, 0.1) is 0 Å². The SMILES string of the molecule is C#C[C@]1(O)CC[C@H]2[C@@H]3CCC4=CC(=O)CCC4=C3[C@@H](C(F)F)C[C@@]21C. The highest BCUT2D eigenvalue weighted by atomic mass is 19.3. The lowest BCUT2D eigenvalue weighted by atomic mass is 9.52. The average molecular weight is 346 g/mol. The van der Waals surface area contributed by atoms with Crippen molar-refractivity contribution in [3.05, 3.63) is 22.8 Å². The van der Waals surface area contributed by atoms with E-state index in [0.29, 0.717) is 19.3 Å². The largest absolute Gasteiger partial charge is 0.377 e. The molecule has 2 fully saturated rings. The van der Waals surface area contributed by atoms with Crippen LogP contribution in [0.1, 0.15) is 51.9 Å². The summed E-state index contributed by atoms with van der Waals surface area (Å²) in [5.41, 5.74) is 0.910. The molecule has 4 aliphatic rings. The number of rotatable bonds is 1. The Kier molecular flexibility index (Phi) is 3.74. The smallest absolute Gasteiger partial charge is 0.245 e. The number of alkyl halides is 2. The van der Waals surface area contributed by atoms with E-state index in [0.717, 1.165) is 36.0 Å². The molecule has 0 radical (unpaired) electrons. The summed E-state index contributed by atoms with van der Waals surface area (Å²) in [6, 6.07) is 0. The van der Waals surface area contributed by atoms with Crippen molar-refractivity contribution in [1.82, 2.24) is 0 Å². The highest BCUT2D eigenvalue weighted by molar-refractivity contribution is 5.93. The number of allylic oxidation sites excluding steroid dienone is 4. The Hall–Kier alpha value is -1.47. The van der Waals surface area contributed by atoms with Crippen LogP contribution in [0.15, 0.2) is 22.8 Å². The lowest BCUT2D eigenvalue weighted by Crippen LogP contribution is -2.52. The first-order valence-electron chi connectivity index (χ1n) is 9.26. The predicted octanol–water partition coefficient (Wildman–Crippen LogP) is 4.05. The minimum absolute atomic E-state index is 0.0560. The van der Waals surface area contributed by atoms with Gasteiger partial charge in [-0.15, -0.1) is 6.42 Å². The lowest BCUT2D eigenvalue weighted by molar-refractivity contribution is -0.114. The molecule has 0 aromatic carbocycles. The molecule has 0 amide bonds. The van der Waals surface area contributed by atoms with Crippen molar-refractivity contribution >= 4 is 5.78 Å². The molecule has 1 N–H and O–H groups in total. The number of terminal acetylenes is 1. The Morgan fingerprint density at radius 1 is 1.32 bits per heavy atom.